The number of nitrogens with one attached hydrogen (secondary N) is 1. The highest BCUT2D eigenvalue weighted by molar-refractivity contribution is 7.92. The van der Waals surface area contributed by atoms with Gasteiger partial charge in [0.2, 0.25) is 0 Å². The number of hydrogen-bond donors (Lipinski definition) is 2. The monoisotopic (exact) mass is 379 g/mol. The van der Waals surface area contributed by atoms with E-state index in [1.54, 1.807) is 22.9 Å². The number of carbonyl (C=O) groups is 1. The van der Waals surface area contributed by atoms with Crippen LogP contribution in [0.15, 0.2) is 47.5 Å². The van der Waals surface area contributed by atoms with Crippen LogP contribution in [0.3, 0.4) is 0 Å². The Kier molecular flexibility index (Phi) is 4.40. The molecule has 25 heavy (non-hydrogen) atoms. The number of carboxylic acid groups (broad SMARTS) is 1. The van der Waals surface area contributed by atoms with Gasteiger partial charge in [0.25, 0.3) is 10.0 Å². The van der Waals surface area contributed by atoms with Crippen LogP contribution < -0.4 is 4.72 Å². The minimum absolute atomic E-state index is 0.123. The largest absolute Gasteiger partial charge is 0.478 e. The number of aromatic carboxylic acids is 1. The molecule has 7 nitrogen and oxygen atoms in total. The number of rotatable bonds is 5. The molecule has 130 valence electrons. The lowest BCUT2D eigenvalue weighted by molar-refractivity contribution is 0.0697. The summed E-state index contributed by atoms with van der Waals surface area (Å²) in [4.78, 5) is 10.8. The molecule has 0 aliphatic heterocycles. The van der Waals surface area contributed by atoms with E-state index in [2.05, 4.69) is 9.82 Å². The number of hydrogen-bond acceptors (Lipinski definition) is 4. The zero-order chi connectivity index (χ0) is 18.2. The van der Waals surface area contributed by atoms with Crippen molar-refractivity contribution in [3.8, 4) is 0 Å². The van der Waals surface area contributed by atoms with Crippen molar-refractivity contribution >= 4 is 44.2 Å². The standard InChI is InChI=1S/C16H14ClN3O4S/c1-2-20-9-10-3-4-11(7-15(10)18-20)19-25(23,24)12-5-6-13(16(21)22)14(17)8-12/h3-9,19H,2H2,1H3,(H,21,22). The smallest absolute Gasteiger partial charge is 0.337 e. The molecule has 3 rings (SSSR count). The molecule has 0 atom stereocenters. The second-order valence-corrected chi connectivity index (χ2v) is 7.40. The van der Waals surface area contributed by atoms with Crippen LogP contribution in [0.5, 0.6) is 0 Å². The molecular weight excluding hydrogens is 366 g/mol. The van der Waals surface area contributed by atoms with Crippen molar-refractivity contribution in [3.63, 3.8) is 0 Å². The number of benzene rings is 2. The van der Waals surface area contributed by atoms with Crippen LogP contribution in [0, 0.1) is 0 Å². The van der Waals surface area contributed by atoms with Crippen molar-refractivity contribution < 1.29 is 18.3 Å². The van der Waals surface area contributed by atoms with Crippen molar-refractivity contribution in [1.29, 1.82) is 0 Å². The first-order valence-corrected chi connectivity index (χ1v) is 9.19. The second kappa shape index (κ2) is 6.38. The molecule has 0 unspecified atom stereocenters. The van der Waals surface area contributed by atoms with Gasteiger partial charge in [0.15, 0.2) is 0 Å². The summed E-state index contributed by atoms with van der Waals surface area (Å²) in [5, 5.41) is 14.0. The van der Waals surface area contributed by atoms with Crippen molar-refractivity contribution in [2.24, 2.45) is 0 Å². The molecule has 0 radical (unpaired) electrons. The fourth-order valence-corrected chi connectivity index (χ4v) is 3.74. The zero-order valence-corrected chi connectivity index (χ0v) is 14.7. The molecule has 0 saturated carbocycles. The fraction of sp³-hybridized carbons (Fsp3) is 0.125. The molecule has 1 aromatic heterocycles. The maximum absolute atomic E-state index is 12.5. The van der Waals surface area contributed by atoms with Gasteiger partial charge < -0.3 is 5.11 Å². The van der Waals surface area contributed by atoms with Crippen molar-refractivity contribution in [2.45, 2.75) is 18.4 Å². The third-order valence-corrected chi connectivity index (χ3v) is 5.30. The third-order valence-electron chi connectivity index (χ3n) is 3.61. The van der Waals surface area contributed by atoms with E-state index >= 15 is 0 Å². The number of carboxylic acids is 1. The summed E-state index contributed by atoms with van der Waals surface area (Å²) >= 11 is 5.84. The third kappa shape index (κ3) is 3.45. The predicted octanol–water partition coefficient (Wildman–Crippen LogP) is 3.21. The lowest BCUT2D eigenvalue weighted by Crippen LogP contribution is -2.13. The average molecular weight is 380 g/mol. The molecule has 0 saturated heterocycles. The number of aryl methyl sites for hydroxylation is 1. The number of aromatic nitrogens is 2. The number of nitrogens with zero attached hydrogens (tertiary/aromatic N) is 2. The van der Waals surface area contributed by atoms with Crippen LogP contribution in [0.4, 0.5) is 5.69 Å². The summed E-state index contributed by atoms with van der Waals surface area (Å²) in [6.07, 6.45) is 1.87. The van der Waals surface area contributed by atoms with Crippen LogP contribution in [0.2, 0.25) is 5.02 Å². The van der Waals surface area contributed by atoms with E-state index in [9.17, 15) is 13.2 Å². The SMILES string of the molecule is CCn1cc2ccc(NS(=O)(=O)c3ccc(C(=O)O)c(Cl)c3)cc2n1. The molecule has 2 N–H and O–H groups in total. The summed E-state index contributed by atoms with van der Waals surface area (Å²) in [5.41, 5.74) is 0.862. The first-order chi connectivity index (χ1) is 11.8. The van der Waals surface area contributed by atoms with E-state index in [1.165, 1.54) is 6.07 Å². The molecule has 0 aliphatic rings. The minimum atomic E-state index is -3.91. The average Bonchev–Trinajstić information content (AvgIpc) is 2.96. The van der Waals surface area contributed by atoms with Crippen LogP contribution in [-0.2, 0) is 16.6 Å². The van der Waals surface area contributed by atoms with Crippen molar-refractivity contribution in [3.05, 3.63) is 53.2 Å². The van der Waals surface area contributed by atoms with Gasteiger partial charge in [0, 0.05) is 18.1 Å². The Morgan fingerprint density at radius 3 is 2.68 bits per heavy atom. The van der Waals surface area contributed by atoms with Crippen LogP contribution in [-0.4, -0.2) is 29.3 Å². The van der Waals surface area contributed by atoms with Crippen LogP contribution in [0.25, 0.3) is 10.9 Å². The maximum atomic E-state index is 12.5. The minimum Gasteiger partial charge on any atom is -0.478 e. The van der Waals surface area contributed by atoms with E-state index < -0.39 is 16.0 Å². The molecule has 9 heteroatoms. The van der Waals surface area contributed by atoms with Crippen LogP contribution >= 0.6 is 11.6 Å². The lowest BCUT2D eigenvalue weighted by atomic mass is 10.2. The van der Waals surface area contributed by atoms with Gasteiger partial charge in [0.1, 0.15) is 0 Å². The summed E-state index contributed by atoms with van der Waals surface area (Å²) < 4.78 is 29.2. The number of sulfonamides is 1. The Bertz CT molecular complexity index is 1080. The highest BCUT2D eigenvalue weighted by Gasteiger charge is 2.18. The van der Waals surface area contributed by atoms with Gasteiger partial charge in [-0.1, -0.05) is 11.6 Å². The summed E-state index contributed by atoms with van der Waals surface area (Å²) in [5.74, 6) is -1.22. The first kappa shape index (κ1) is 17.2. The quantitative estimate of drug-likeness (QED) is 0.708. The second-order valence-electron chi connectivity index (χ2n) is 5.31. The molecule has 0 spiro atoms. The molecule has 0 amide bonds. The number of halogens is 1. The maximum Gasteiger partial charge on any atom is 0.337 e. The first-order valence-electron chi connectivity index (χ1n) is 7.33. The van der Waals surface area contributed by atoms with Gasteiger partial charge >= 0.3 is 5.97 Å². The highest BCUT2D eigenvalue weighted by atomic mass is 35.5. The normalized spacial score (nSPS) is 11.6. The molecule has 2 aromatic carbocycles. The summed E-state index contributed by atoms with van der Waals surface area (Å²) in [7, 11) is -3.91. The van der Waals surface area contributed by atoms with Gasteiger partial charge in [-0.2, -0.15) is 5.10 Å². The van der Waals surface area contributed by atoms with Crippen LogP contribution in [0.1, 0.15) is 17.3 Å². The Balaban J connectivity index is 1.93. The Morgan fingerprint density at radius 2 is 2.04 bits per heavy atom. The number of anilines is 1. The summed E-state index contributed by atoms with van der Waals surface area (Å²) in [6.45, 7) is 2.67. The van der Waals surface area contributed by atoms with Crippen molar-refractivity contribution in [1.82, 2.24) is 9.78 Å². The van der Waals surface area contributed by atoms with Gasteiger partial charge in [-0.25, -0.2) is 13.2 Å². The Morgan fingerprint density at radius 1 is 1.28 bits per heavy atom. The lowest BCUT2D eigenvalue weighted by Gasteiger charge is -2.09. The molecule has 0 fully saturated rings. The van der Waals surface area contributed by atoms with E-state index in [1.807, 2.05) is 13.1 Å². The van der Waals surface area contributed by atoms with E-state index in [0.717, 1.165) is 17.5 Å². The molecule has 1 heterocycles. The zero-order valence-electron chi connectivity index (χ0n) is 13.1. The predicted molar refractivity (Wildman–Crippen MR) is 94.6 cm³/mol. The van der Waals surface area contributed by atoms with Gasteiger partial charge in [-0.05, 0) is 43.3 Å². The molecule has 0 bridgehead atoms. The molecule has 0 aliphatic carbocycles. The topological polar surface area (TPSA) is 101 Å². The fourth-order valence-electron chi connectivity index (χ4n) is 2.34. The van der Waals surface area contributed by atoms with E-state index in [4.69, 9.17) is 16.7 Å². The van der Waals surface area contributed by atoms with E-state index in [0.29, 0.717) is 17.7 Å². The molecule has 3 aromatic rings. The van der Waals surface area contributed by atoms with Gasteiger partial charge in [-0.3, -0.25) is 9.40 Å². The molecular formula is C16H14ClN3O4S. The van der Waals surface area contributed by atoms with Gasteiger partial charge in [0.05, 0.1) is 26.7 Å². The van der Waals surface area contributed by atoms with Crippen molar-refractivity contribution in [2.75, 3.05) is 4.72 Å². The Labute approximate surface area is 148 Å². The summed E-state index contributed by atoms with van der Waals surface area (Å²) in [6, 6.07) is 8.50. The van der Waals surface area contributed by atoms with Gasteiger partial charge in [-0.15, -0.1) is 0 Å². The van der Waals surface area contributed by atoms with E-state index in [-0.39, 0.29) is 15.5 Å². The highest BCUT2D eigenvalue weighted by Crippen LogP contribution is 2.24. The number of fused-ring (bicyclic) bond motifs is 1. The Hall–Kier alpha value is -2.58.